The van der Waals surface area contributed by atoms with Gasteiger partial charge in [-0.2, -0.15) is 0 Å². The predicted octanol–water partition coefficient (Wildman–Crippen LogP) is 4.14. The minimum absolute atomic E-state index is 0.0339. The Kier molecular flexibility index (Phi) is 6.09. The van der Waals surface area contributed by atoms with Gasteiger partial charge >= 0.3 is 0 Å². The highest BCUT2D eigenvalue weighted by atomic mass is 32.2. The van der Waals surface area contributed by atoms with E-state index in [2.05, 4.69) is 19.1 Å². The molecule has 5 rings (SSSR count). The highest BCUT2D eigenvalue weighted by molar-refractivity contribution is 7.98. The summed E-state index contributed by atoms with van der Waals surface area (Å²) in [4.78, 5) is 34.3. The van der Waals surface area contributed by atoms with E-state index in [1.165, 1.54) is 11.1 Å². The van der Waals surface area contributed by atoms with Gasteiger partial charge in [0.05, 0.1) is 24.6 Å². The Labute approximate surface area is 195 Å². The summed E-state index contributed by atoms with van der Waals surface area (Å²) in [6.45, 7) is 6.24. The van der Waals surface area contributed by atoms with Gasteiger partial charge in [-0.3, -0.25) is 14.2 Å². The minimum Gasteiger partial charge on any atom is -0.376 e. The summed E-state index contributed by atoms with van der Waals surface area (Å²) >= 11 is 3.18. The van der Waals surface area contributed by atoms with E-state index in [1.54, 1.807) is 30.0 Å². The van der Waals surface area contributed by atoms with Gasteiger partial charge in [0, 0.05) is 30.7 Å². The van der Waals surface area contributed by atoms with Gasteiger partial charge in [-0.05, 0) is 42.9 Å². The first-order valence-electron chi connectivity index (χ1n) is 11.1. The van der Waals surface area contributed by atoms with Gasteiger partial charge in [0.15, 0.2) is 5.16 Å². The van der Waals surface area contributed by atoms with Crippen LogP contribution in [0.1, 0.15) is 41.3 Å². The van der Waals surface area contributed by atoms with Gasteiger partial charge in [-0.25, -0.2) is 4.98 Å². The molecule has 1 atom stereocenters. The molecule has 2 aromatic heterocycles. The Hall–Kier alpha value is -2.16. The molecule has 8 heteroatoms. The molecule has 168 valence electrons. The lowest BCUT2D eigenvalue weighted by Gasteiger charge is -2.25. The SMILES string of the molecule is CC(=O)N1CCc2c(sc3nc(SCc4ccccc4C)n(C[C@@H]4CCCO4)c(=O)c23)C1. The standard InChI is InChI=1S/C24H27N3O3S2/c1-15-6-3-4-7-17(15)14-31-24-25-22-21(23(29)27(24)12-18-8-5-11-30-18)19-9-10-26(16(2)28)13-20(19)32-22/h3-4,6-7,18H,5,8-14H2,1-2H3/t18-/m0/s1. The zero-order chi connectivity index (χ0) is 22.2. The molecule has 0 aliphatic carbocycles. The molecule has 6 nitrogen and oxygen atoms in total. The van der Waals surface area contributed by atoms with Crippen LogP contribution in [0.3, 0.4) is 0 Å². The quantitative estimate of drug-likeness (QED) is 0.415. The number of carbonyl (C=O) groups excluding carboxylic acids is 1. The summed E-state index contributed by atoms with van der Waals surface area (Å²) in [5, 5.41) is 1.50. The van der Waals surface area contributed by atoms with Crippen LogP contribution in [0.5, 0.6) is 0 Å². The van der Waals surface area contributed by atoms with Crippen LogP contribution in [0.2, 0.25) is 0 Å². The first-order chi connectivity index (χ1) is 15.5. The van der Waals surface area contributed by atoms with Gasteiger partial charge in [-0.1, -0.05) is 36.0 Å². The van der Waals surface area contributed by atoms with Crippen molar-refractivity contribution in [3.05, 3.63) is 56.2 Å². The van der Waals surface area contributed by atoms with Crippen molar-refractivity contribution in [1.29, 1.82) is 0 Å². The largest absolute Gasteiger partial charge is 0.376 e. The number of thioether (sulfide) groups is 1. The highest BCUT2D eigenvalue weighted by Gasteiger charge is 2.27. The smallest absolute Gasteiger partial charge is 0.263 e. The van der Waals surface area contributed by atoms with Gasteiger partial charge in [-0.15, -0.1) is 11.3 Å². The van der Waals surface area contributed by atoms with Crippen molar-refractivity contribution in [1.82, 2.24) is 14.5 Å². The van der Waals surface area contributed by atoms with E-state index in [4.69, 9.17) is 9.72 Å². The van der Waals surface area contributed by atoms with Crippen LogP contribution in [-0.4, -0.2) is 39.6 Å². The van der Waals surface area contributed by atoms with Crippen LogP contribution in [0.4, 0.5) is 0 Å². The Balaban J connectivity index is 1.55. The molecule has 1 fully saturated rings. The summed E-state index contributed by atoms with van der Waals surface area (Å²) in [5.41, 5.74) is 3.60. The molecule has 1 aromatic carbocycles. The number of carbonyl (C=O) groups is 1. The summed E-state index contributed by atoms with van der Waals surface area (Å²) in [6.07, 6.45) is 2.78. The van der Waals surface area contributed by atoms with Crippen LogP contribution >= 0.6 is 23.1 Å². The monoisotopic (exact) mass is 469 g/mol. The third-order valence-corrected chi connectivity index (χ3v) is 8.53. The Bertz CT molecular complexity index is 1230. The molecule has 0 saturated carbocycles. The molecule has 1 saturated heterocycles. The van der Waals surface area contributed by atoms with Crippen molar-refractivity contribution in [3.63, 3.8) is 0 Å². The molecule has 0 bridgehead atoms. The van der Waals surface area contributed by atoms with E-state index < -0.39 is 0 Å². The number of benzene rings is 1. The van der Waals surface area contributed by atoms with E-state index in [0.29, 0.717) is 26.1 Å². The van der Waals surface area contributed by atoms with E-state index in [0.717, 1.165) is 51.0 Å². The van der Waals surface area contributed by atoms with Crippen molar-refractivity contribution in [3.8, 4) is 0 Å². The summed E-state index contributed by atoms with van der Waals surface area (Å²) in [5.74, 6) is 0.839. The van der Waals surface area contributed by atoms with Crippen LogP contribution in [0, 0.1) is 6.92 Å². The zero-order valence-electron chi connectivity index (χ0n) is 18.4. The fourth-order valence-electron chi connectivity index (χ4n) is 4.50. The Morgan fingerprint density at radius 2 is 2.19 bits per heavy atom. The molecule has 4 heterocycles. The fourth-order valence-corrected chi connectivity index (χ4v) is 6.86. The van der Waals surface area contributed by atoms with Crippen molar-refractivity contribution in [2.45, 2.75) is 63.2 Å². The van der Waals surface area contributed by atoms with Crippen molar-refractivity contribution in [2.24, 2.45) is 0 Å². The van der Waals surface area contributed by atoms with E-state index in [9.17, 15) is 9.59 Å². The number of amides is 1. The molecule has 2 aliphatic rings. The van der Waals surface area contributed by atoms with Gasteiger partial charge in [0.2, 0.25) is 5.91 Å². The maximum atomic E-state index is 13.7. The number of rotatable bonds is 5. The topological polar surface area (TPSA) is 64.4 Å². The Morgan fingerprint density at radius 3 is 2.94 bits per heavy atom. The van der Waals surface area contributed by atoms with Crippen molar-refractivity contribution >= 4 is 39.2 Å². The Morgan fingerprint density at radius 1 is 1.34 bits per heavy atom. The number of thiophene rings is 1. The first kappa shape index (κ1) is 21.7. The lowest BCUT2D eigenvalue weighted by molar-refractivity contribution is -0.129. The van der Waals surface area contributed by atoms with Crippen LogP contribution < -0.4 is 5.56 Å². The molecule has 0 N–H and O–H groups in total. The van der Waals surface area contributed by atoms with Gasteiger partial charge < -0.3 is 9.64 Å². The third kappa shape index (κ3) is 4.11. The minimum atomic E-state index is 0.0339. The molecule has 0 unspecified atom stereocenters. The predicted molar refractivity (Wildman–Crippen MR) is 128 cm³/mol. The van der Waals surface area contributed by atoms with E-state index in [-0.39, 0.29) is 17.6 Å². The second kappa shape index (κ2) is 9.00. The zero-order valence-corrected chi connectivity index (χ0v) is 20.1. The van der Waals surface area contributed by atoms with Crippen LogP contribution in [0.15, 0.2) is 34.2 Å². The van der Waals surface area contributed by atoms with Crippen LogP contribution in [-0.2, 0) is 34.8 Å². The van der Waals surface area contributed by atoms with Crippen molar-refractivity contribution < 1.29 is 9.53 Å². The molecule has 3 aromatic rings. The molecule has 2 aliphatic heterocycles. The average Bonchev–Trinajstić information content (AvgIpc) is 3.42. The second-order valence-corrected chi connectivity index (χ2v) is 10.6. The molecular formula is C24H27N3O3S2. The van der Waals surface area contributed by atoms with E-state index in [1.807, 2.05) is 21.6 Å². The maximum Gasteiger partial charge on any atom is 0.263 e. The summed E-state index contributed by atoms with van der Waals surface area (Å²) in [7, 11) is 0. The average molecular weight is 470 g/mol. The number of hydrogen-bond donors (Lipinski definition) is 0. The number of hydrogen-bond acceptors (Lipinski definition) is 6. The normalized spacial score (nSPS) is 18.3. The molecule has 1 amide bonds. The first-order valence-corrected chi connectivity index (χ1v) is 12.9. The number of aryl methyl sites for hydroxylation is 1. The van der Waals surface area contributed by atoms with Crippen LogP contribution in [0.25, 0.3) is 10.2 Å². The second-order valence-electron chi connectivity index (χ2n) is 8.53. The van der Waals surface area contributed by atoms with Gasteiger partial charge in [0.1, 0.15) is 4.83 Å². The number of aromatic nitrogens is 2. The molecular weight excluding hydrogens is 442 g/mol. The number of nitrogens with zero attached hydrogens (tertiary/aromatic N) is 3. The fraction of sp³-hybridized carbons (Fsp3) is 0.458. The lowest BCUT2D eigenvalue weighted by atomic mass is 10.1. The molecule has 0 spiro atoms. The molecule has 0 radical (unpaired) electrons. The summed E-state index contributed by atoms with van der Waals surface area (Å²) < 4.78 is 7.70. The third-order valence-electron chi connectivity index (χ3n) is 6.40. The lowest BCUT2D eigenvalue weighted by Crippen LogP contribution is -2.34. The summed E-state index contributed by atoms with van der Waals surface area (Å²) in [6, 6.07) is 8.33. The van der Waals surface area contributed by atoms with Crippen molar-refractivity contribution in [2.75, 3.05) is 13.2 Å². The number of fused-ring (bicyclic) bond motifs is 3. The number of ether oxygens (including phenoxy) is 1. The highest BCUT2D eigenvalue weighted by Crippen LogP contribution is 2.34. The molecule has 32 heavy (non-hydrogen) atoms. The maximum absolute atomic E-state index is 13.7. The van der Waals surface area contributed by atoms with Gasteiger partial charge in [0.25, 0.3) is 5.56 Å². The van der Waals surface area contributed by atoms with E-state index >= 15 is 0 Å².